The van der Waals surface area contributed by atoms with E-state index in [1.54, 1.807) is 6.92 Å². The van der Waals surface area contributed by atoms with E-state index in [0.717, 1.165) is 4.57 Å². The Morgan fingerprint density at radius 1 is 1.65 bits per heavy atom. The lowest BCUT2D eigenvalue weighted by Gasteiger charge is -2.15. The lowest BCUT2D eigenvalue weighted by Crippen LogP contribution is -2.33. The highest BCUT2D eigenvalue weighted by Gasteiger charge is 2.45. The highest BCUT2D eigenvalue weighted by atomic mass is 19.1. The molecule has 2 heterocycles. The molecule has 0 spiro atoms. The van der Waals surface area contributed by atoms with Crippen molar-refractivity contribution in [1.82, 2.24) is 9.55 Å². The zero-order chi connectivity index (χ0) is 12.6. The third-order valence-electron chi connectivity index (χ3n) is 2.69. The van der Waals surface area contributed by atoms with Crippen LogP contribution in [0.15, 0.2) is 17.2 Å². The maximum atomic E-state index is 13.7. The molecule has 4 atom stereocenters. The molecule has 6 nitrogen and oxygen atoms in total. The van der Waals surface area contributed by atoms with Crippen LogP contribution in [0.3, 0.4) is 0 Å². The quantitative estimate of drug-likeness (QED) is 0.707. The van der Waals surface area contributed by atoms with Crippen molar-refractivity contribution in [3.8, 4) is 0 Å². The van der Waals surface area contributed by atoms with Gasteiger partial charge in [-0.25, -0.2) is 14.2 Å². The molecule has 0 amide bonds. The van der Waals surface area contributed by atoms with Crippen molar-refractivity contribution < 1.29 is 19.3 Å². The smallest absolute Gasteiger partial charge is 0.349 e. The fourth-order valence-electron chi connectivity index (χ4n) is 1.79. The maximum absolute atomic E-state index is 13.7. The first-order valence-corrected chi connectivity index (χ1v) is 5.18. The van der Waals surface area contributed by atoms with Crippen LogP contribution in [-0.4, -0.2) is 44.8 Å². The van der Waals surface area contributed by atoms with Crippen LogP contribution in [0.4, 0.5) is 4.39 Å². The summed E-state index contributed by atoms with van der Waals surface area (Å²) in [6.45, 7) is 1.19. The highest BCUT2D eigenvalue weighted by molar-refractivity contribution is 5.02. The Morgan fingerprint density at radius 3 is 2.94 bits per heavy atom. The van der Waals surface area contributed by atoms with E-state index < -0.39 is 36.9 Å². The van der Waals surface area contributed by atoms with Crippen LogP contribution in [-0.2, 0) is 4.74 Å². The van der Waals surface area contributed by atoms with Crippen LogP contribution in [0.25, 0.3) is 0 Å². The molecule has 1 fully saturated rings. The van der Waals surface area contributed by atoms with Crippen molar-refractivity contribution in [1.29, 1.82) is 0 Å². The summed E-state index contributed by atoms with van der Waals surface area (Å²) < 4.78 is 19.8. The number of hydrogen-bond donors (Lipinski definition) is 2. The number of aromatic nitrogens is 2. The molecule has 0 bridgehead atoms. The van der Waals surface area contributed by atoms with Gasteiger partial charge in [0.15, 0.2) is 12.4 Å². The highest BCUT2D eigenvalue weighted by Crippen LogP contribution is 2.30. The first-order valence-electron chi connectivity index (χ1n) is 5.18. The van der Waals surface area contributed by atoms with Gasteiger partial charge in [-0.3, -0.25) is 4.57 Å². The molecule has 0 saturated carbocycles. The van der Waals surface area contributed by atoms with Crippen molar-refractivity contribution in [2.24, 2.45) is 0 Å². The minimum Gasteiger partial charge on any atom is -0.394 e. The Labute approximate surface area is 96.3 Å². The van der Waals surface area contributed by atoms with Crippen LogP contribution in [0, 0.1) is 6.92 Å². The summed E-state index contributed by atoms with van der Waals surface area (Å²) in [5.41, 5.74) is 0.0105. The standard InChI is InChI=1S/C10H13FN2O4/c1-5-2-12-10(16)13(3-5)9-7(11)8(15)6(4-14)17-9/h2-3,6-9,14-15H,4H2,1H3/t6-,7+,8-,9-/m1/s1. The van der Waals surface area contributed by atoms with Gasteiger partial charge in [0.2, 0.25) is 0 Å². The van der Waals surface area contributed by atoms with Gasteiger partial charge in [0, 0.05) is 12.4 Å². The van der Waals surface area contributed by atoms with Crippen molar-refractivity contribution in [3.63, 3.8) is 0 Å². The van der Waals surface area contributed by atoms with Gasteiger partial charge in [-0.2, -0.15) is 0 Å². The Hall–Kier alpha value is -1.31. The Kier molecular flexibility index (Phi) is 3.23. The molecule has 0 aromatic carbocycles. The molecule has 1 aromatic rings. The minimum absolute atomic E-state index is 0.508. The second-order valence-corrected chi connectivity index (χ2v) is 4.00. The minimum atomic E-state index is -1.77. The zero-order valence-electron chi connectivity index (χ0n) is 9.15. The molecule has 0 unspecified atom stereocenters. The summed E-state index contributed by atoms with van der Waals surface area (Å²) in [6.07, 6.45) is -2.73. The molecule has 1 aromatic heterocycles. The average molecular weight is 244 g/mol. The second kappa shape index (κ2) is 4.52. The molecule has 1 saturated heterocycles. The number of hydrogen-bond acceptors (Lipinski definition) is 5. The molecule has 7 heteroatoms. The topological polar surface area (TPSA) is 84.6 Å². The van der Waals surface area contributed by atoms with Gasteiger partial charge >= 0.3 is 5.69 Å². The van der Waals surface area contributed by atoms with Crippen molar-refractivity contribution >= 4 is 0 Å². The predicted octanol–water partition coefficient (Wildman–Crippen LogP) is -0.860. The van der Waals surface area contributed by atoms with E-state index in [1.807, 2.05) is 0 Å². The number of alkyl halides is 1. The Morgan fingerprint density at radius 2 is 2.35 bits per heavy atom. The number of aliphatic hydroxyl groups is 2. The SMILES string of the molecule is Cc1cnc(=O)n([C@@H]2O[C@H](CO)[C@@H](O)[C@@H]2F)c1. The van der Waals surface area contributed by atoms with E-state index in [1.165, 1.54) is 12.4 Å². The molecule has 94 valence electrons. The molecule has 2 N–H and O–H groups in total. The lowest BCUT2D eigenvalue weighted by molar-refractivity contribution is -0.0491. The van der Waals surface area contributed by atoms with E-state index in [9.17, 15) is 14.3 Å². The summed E-state index contributed by atoms with van der Waals surface area (Å²) >= 11 is 0. The first kappa shape index (κ1) is 12.2. The lowest BCUT2D eigenvalue weighted by atomic mass is 10.1. The van der Waals surface area contributed by atoms with E-state index >= 15 is 0 Å². The van der Waals surface area contributed by atoms with Gasteiger partial charge in [-0.05, 0) is 12.5 Å². The van der Waals surface area contributed by atoms with Gasteiger partial charge in [0.05, 0.1) is 6.61 Å². The normalized spacial score (nSPS) is 32.9. The molecular weight excluding hydrogens is 231 g/mol. The van der Waals surface area contributed by atoms with Crippen LogP contribution in [0.1, 0.15) is 11.8 Å². The molecular formula is C10H13FN2O4. The third kappa shape index (κ3) is 2.08. The Balaban J connectivity index is 2.35. The number of aliphatic hydroxyl groups excluding tert-OH is 2. The second-order valence-electron chi connectivity index (χ2n) is 4.00. The van der Waals surface area contributed by atoms with Crippen molar-refractivity contribution in [2.45, 2.75) is 31.5 Å². The van der Waals surface area contributed by atoms with Gasteiger partial charge < -0.3 is 14.9 Å². The summed E-state index contributed by atoms with van der Waals surface area (Å²) in [7, 11) is 0. The van der Waals surface area contributed by atoms with E-state index in [4.69, 9.17) is 9.84 Å². The predicted molar refractivity (Wildman–Crippen MR) is 55.1 cm³/mol. The fourth-order valence-corrected chi connectivity index (χ4v) is 1.79. The van der Waals surface area contributed by atoms with Gasteiger partial charge in [0.1, 0.15) is 12.2 Å². The molecule has 17 heavy (non-hydrogen) atoms. The molecule has 2 rings (SSSR count). The average Bonchev–Trinajstić information content (AvgIpc) is 2.59. The van der Waals surface area contributed by atoms with Crippen molar-refractivity contribution in [2.75, 3.05) is 6.61 Å². The molecule has 0 radical (unpaired) electrons. The van der Waals surface area contributed by atoms with E-state index in [2.05, 4.69) is 4.98 Å². The van der Waals surface area contributed by atoms with Gasteiger partial charge in [-0.1, -0.05) is 0 Å². The third-order valence-corrected chi connectivity index (χ3v) is 2.69. The molecule has 0 aliphatic carbocycles. The summed E-state index contributed by atoms with van der Waals surface area (Å²) in [5.74, 6) is 0. The zero-order valence-corrected chi connectivity index (χ0v) is 9.15. The number of halogens is 1. The van der Waals surface area contributed by atoms with E-state index in [0.29, 0.717) is 5.56 Å². The van der Waals surface area contributed by atoms with Crippen LogP contribution in [0.2, 0.25) is 0 Å². The number of ether oxygens (including phenoxy) is 1. The number of nitrogens with zero attached hydrogens (tertiary/aromatic N) is 2. The monoisotopic (exact) mass is 244 g/mol. The van der Waals surface area contributed by atoms with Crippen LogP contribution < -0.4 is 5.69 Å². The Bertz CT molecular complexity index is 464. The largest absolute Gasteiger partial charge is 0.394 e. The van der Waals surface area contributed by atoms with Crippen molar-refractivity contribution in [3.05, 3.63) is 28.4 Å². The summed E-state index contributed by atoms with van der Waals surface area (Å²) in [6, 6.07) is 0. The molecule has 1 aliphatic rings. The van der Waals surface area contributed by atoms with E-state index in [-0.39, 0.29) is 0 Å². The van der Waals surface area contributed by atoms with Crippen LogP contribution in [0.5, 0.6) is 0 Å². The molecule has 1 aliphatic heterocycles. The summed E-state index contributed by atoms with van der Waals surface area (Å²) in [5, 5.41) is 18.3. The fraction of sp³-hybridized carbons (Fsp3) is 0.600. The summed E-state index contributed by atoms with van der Waals surface area (Å²) in [4.78, 5) is 15.0. The maximum Gasteiger partial charge on any atom is 0.349 e. The number of aryl methyl sites for hydroxylation is 1. The van der Waals surface area contributed by atoms with Gasteiger partial charge in [-0.15, -0.1) is 0 Å². The first-order chi connectivity index (χ1) is 8.04. The van der Waals surface area contributed by atoms with Crippen LogP contribution >= 0.6 is 0 Å². The van der Waals surface area contributed by atoms with Gasteiger partial charge in [0.25, 0.3) is 0 Å². The number of rotatable bonds is 2.